The van der Waals surface area contributed by atoms with Gasteiger partial charge >= 0.3 is 6.09 Å². The molecule has 0 bridgehead atoms. The quantitative estimate of drug-likeness (QED) is 0.310. The van der Waals surface area contributed by atoms with Crippen LogP contribution in [-0.2, 0) is 32.5 Å². The maximum atomic E-state index is 12.7. The Hall–Kier alpha value is -3.83. The lowest BCUT2D eigenvalue weighted by atomic mass is 9.82. The SMILES string of the molecule is C#CC(CCC)OC(=O)N1CCC2(CCc3cc(-c4ccc(CS(=O)(=O)Cc5ccccn5)cc4)ccc3O2)CC1. The fraction of sp³-hybridized carbons (Fsp3) is 0.394. The number of terminal acetylenes is 1. The number of ether oxygens (including phenoxy) is 2. The first kappa shape index (κ1) is 28.7. The van der Waals surface area contributed by atoms with Crippen LogP contribution in [-0.4, -0.2) is 49.2 Å². The van der Waals surface area contributed by atoms with Crippen molar-refractivity contribution in [3.8, 4) is 29.2 Å². The zero-order chi connectivity index (χ0) is 28.9. The van der Waals surface area contributed by atoms with Crippen LogP contribution in [0.4, 0.5) is 4.79 Å². The highest BCUT2D eigenvalue weighted by atomic mass is 32.2. The predicted octanol–water partition coefficient (Wildman–Crippen LogP) is 5.96. The number of pyridine rings is 1. The molecule has 3 aromatic rings. The number of benzene rings is 2. The van der Waals surface area contributed by atoms with Gasteiger partial charge in [0.25, 0.3) is 0 Å². The number of likely N-dealkylation sites (tertiary alicyclic amines) is 1. The standard InChI is InChI=1S/C33H36N2O5S/c1-3-7-30(4-2)39-32(36)35-20-17-33(18-21-35)16-15-28-22-27(13-14-31(28)40-33)26-11-9-25(10-12-26)23-41(37,38)24-29-8-5-6-19-34-29/h2,5-6,8-14,19,22,30H,3,7,15-18,20-21,23-24H2,1H3. The first-order chi connectivity index (χ1) is 19.8. The van der Waals surface area contributed by atoms with Crippen LogP contribution in [0.15, 0.2) is 66.9 Å². The van der Waals surface area contributed by atoms with Gasteiger partial charge in [0.15, 0.2) is 15.9 Å². The monoisotopic (exact) mass is 572 g/mol. The van der Waals surface area contributed by atoms with Crippen molar-refractivity contribution in [2.24, 2.45) is 0 Å². The molecule has 1 spiro atoms. The Kier molecular flexibility index (Phi) is 8.65. The number of fused-ring (bicyclic) bond motifs is 1. The second-order valence-corrected chi connectivity index (χ2v) is 13.0. The van der Waals surface area contributed by atoms with Crippen LogP contribution in [0.2, 0.25) is 0 Å². The number of aryl methyl sites for hydroxylation is 1. The molecule has 2 aliphatic heterocycles. The molecule has 2 aliphatic rings. The third-order valence-corrected chi connectivity index (χ3v) is 9.43. The van der Waals surface area contributed by atoms with Crippen LogP contribution in [0.3, 0.4) is 0 Å². The molecule has 0 radical (unpaired) electrons. The predicted molar refractivity (Wildman–Crippen MR) is 159 cm³/mol. The number of nitrogens with zero attached hydrogens (tertiary/aromatic N) is 2. The lowest BCUT2D eigenvalue weighted by Crippen LogP contribution is -2.51. The molecule has 5 rings (SSSR count). The van der Waals surface area contributed by atoms with Crippen LogP contribution in [0.5, 0.6) is 5.75 Å². The summed E-state index contributed by atoms with van der Waals surface area (Å²) in [6.45, 7) is 3.18. The number of rotatable bonds is 8. The van der Waals surface area contributed by atoms with Gasteiger partial charge in [0.05, 0.1) is 17.2 Å². The van der Waals surface area contributed by atoms with Crippen LogP contribution in [0, 0.1) is 12.3 Å². The smallest absolute Gasteiger partial charge is 0.411 e. The summed E-state index contributed by atoms with van der Waals surface area (Å²) < 4.78 is 37.4. The summed E-state index contributed by atoms with van der Waals surface area (Å²) in [6, 6.07) is 19.2. The lowest BCUT2D eigenvalue weighted by Gasteiger charge is -2.44. The van der Waals surface area contributed by atoms with Crippen molar-refractivity contribution in [2.75, 3.05) is 13.1 Å². The molecular formula is C33H36N2O5S. The normalized spacial score (nSPS) is 16.7. The molecule has 1 fully saturated rings. The Balaban J connectivity index is 1.18. The molecule has 0 aliphatic carbocycles. The van der Waals surface area contributed by atoms with Gasteiger partial charge in [-0.3, -0.25) is 4.98 Å². The Bertz CT molecular complexity index is 1510. The minimum atomic E-state index is -3.32. The highest BCUT2D eigenvalue weighted by molar-refractivity contribution is 7.89. The summed E-state index contributed by atoms with van der Waals surface area (Å²) in [5.74, 6) is 3.35. The molecule has 1 amide bonds. The molecule has 0 N–H and O–H groups in total. The first-order valence-corrected chi connectivity index (χ1v) is 16.0. The maximum Gasteiger partial charge on any atom is 0.411 e. The Morgan fingerprint density at radius 2 is 1.83 bits per heavy atom. The van der Waals surface area contributed by atoms with E-state index in [-0.39, 0.29) is 23.2 Å². The molecule has 1 atom stereocenters. The van der Waals surface area contributed by atoms with E-state index in [4.69, 9.17) is 15.9 Å². The van der Waals surface area contributed by atoms with Gasteiger partial charge in [-0.1, -0.05) is 55.7 Å². The first-order valence-electron chi connectivity index (χ1n) is 14.2. The molecule has 1 unspecified atom stereocenters. The number of carbonyl (C=O) groups excluding carboxylic acids is 1. The lowest BCUT2D eigenvalue weighted by molar-refractivity contribution is -0.0167. The van der Waals surface area contributed by atoms with Crippen molar-refractivity contribution >= 4 is 15.9 Å². The molecule has 3 heterocycles. The van der Waals surface area contributed by atoms with Crippen LogP contribution < -0.4 is 4.74 Å². The van der Waals surface area contributed by atoms with Crippen LogP contribution in [0.25, 0.3) is 11.1 Å². The average Bonchev–Trinajstić information content (AvgIpc) is 2.97. The van der Waals surface area contributed by atoms with E-state index < -0.39 is 15.9 Å². The van der Waals surface area contributed by atoms with Gasteiger partial charge in [0.1, 0.15) is 11.4 Å². The Morgan fingerprint density at radius 1 is 1.07 bits per heavy atom. The van der Waals surface area contributed by atoms with E-state index in [1.165, 1.54) is 0 Å². The van der Waals surface area contributed by atoms with E-state index >= 15 is 0 Å². The molecule has 41 heavy (non-hydrogen) atoms. The van der Waals surface area contributed by atoms with Crippen molar-refractivity contribution in [3.63, 3.8) is 0 Å². The summed E-state index contributed by atoms with van der Waals surface area (Å²) in [7, 11) is -3.32. The van der Waals surface area contributed by atoms with Crippen molar-refractivity contribution in [1.82, 2.24) is 9.88 Å². The van der Waals surface area contributed by atoms with Crippen molar-refractivity contribution < 1.29 is 22.7 Å². The number of amides is 1. The Labute approximate surface area is 242 Å². The zero-order valence-electron chi connectivity index (χ0n) is 23.4. The van der Waals surface area contributed by atoms with Gasteiger partial charge < -0.3 is 14.4 Å². The van der Waals surface area contributed by atoms with Crippen molar-refractivity contribution in [2.45, 2.75) is 68.7 Å². The molecule has 1 aromatic heterocycles. The number of hydrogen-bond donors (Lipinski definition) is 0. The number of aromatic nitrogens is 1. The molecule has 8 heteroatoms. The summed E-state index contributed by atoms with van der Waals surface area (Å²) in [5.41, 5.74) is 4.29. The van der Waals surface area contributed by atoms with E-state index in [9.17, 15) is 13.2 Å². The maximum absolute atomic E-state index is 12.7. The van der Waals surface area contributed by atoms with Gasteiger partial charge in [-0.2, -0.15) is 0 Å². The number of sulfone groups is 1. The molecule has 2 aromatic carbocycles. The molecular weight excluding hydrogens is 536 g/mol. The largest absolute Gasteiger partial charge is 0.487 e. The fourth-order valence-corrected chi connectivity index (χ4v) is 7.02. The van der Waals surface area contributed by atoms with Gasteiger partial charge in [0.2, 0.25) is 0 Å². The van der Waals surface area contributed by atoms with Crippen LogP contribution in [0.1, 0.15) is 55.8 Å². The van der Waals surface area contributed by atoms with E-state index in [1.54, 1.807) is 29.3 Å². The zero-order valence-corrected chi connectivity index (χ0v) is 24.2. The highest BCUT2D eigenvalue weighted by Gasteiger charge is 2.41. The van der Waals surface area contributed by atoms with Gasteiger partial charge in [-0.15, -0.1) is 6.42 Å². The molecule has 1 saturated heterocycles. The van der Waals surface area contributed by atoms with E-state index in [2.05, 4.69) is 17.0 Å². The van der Waals surface area contributed by atoms with E-state index in [0.29, 0.717) is 25.2 Å². The minimum absolute atomic E-state index is 0.0255. The number of piperidine rings is 1. The summed E-state index contributed by atoms with van der Waals surface area (Å²) in [5, 5.41) is 0. The van der Waals surface area contributed by atoms with Gasteiger partial charge in [-0.25, -0.2) is 13.2 Å². The molecule has 7 nitrogen and oxygen atoms in total. The minimum Gasteiger partial charge on any atom is -0.487 e. The number of carbonyl (C=O) groups is 1. The van der Waals surface area contributed by atoms with E-state index in [0.717, 1.165) is 60.1 Å². The third-order valence-electron chi connectivity index (χ3n) is 7.92. The highest BCUT2D eigenvalue weighted by Crippen LogP contribution is 2.41. The second kappa shape index (κ2) is 12.4. The Morgan fingerprint density at radius 3 is 2.51 bits per heavy atom. The topological polar surface area (TPSA) is 85.8 Å². The van der Waals surface area contributed by atoms with E-state index in [1.807, 2.05) is 43.3 Å². The van der Waals surface area contributed by atoms with Gasteiger partial charge in [0, 0.05) is 32.1 Å². The van der Waals surface area contributed by atoms with Crippen molar-refractivity contribution in [3.05, 3.63) is 83.7 Å². The van der Waals surface area contributed by atoms with Crippen LogP contribution >= 0.6 is 0 Å². The molecule has 214 valence electrons. The van der Waals surface area contributed by atoms with Crippen molar-refractivity contribution in [1.29, 1.82) is 0 Å². The summed E-state index contributed by atoms with van der Waals surface area (Å²) in [6.07, 6.45) is 11.1. The molecule has 0 saturated carbocycles. The van der Waals surface area contributed by atoms with Gasteiger partial charge in [-0.05, 0) is 65.8 Å². The third kappa shape index (κ3) is 7.09. The average molecular weight is 573 g/mol. The number of hydrogen-bond acceptors (Lipinski definition) is 6. The summed E-state index contributed by atoms with van der Waals surface area (Å²) >= 11 is 0. The fourth-order valence-electron chi connectivity index (χ4n) is 5.59. The summed E-state index contributed by atoms with van der Waals surface area (Å²) in [4.78, 5) is 18.5. The second-order valence-electron chi connectivity index (χ2n) is 11.0.